The Balaban J connectivity index is 1.80. The minimum Gasteiger partial charge on any atom is -0.444 e. The molecule has 2 aromatic rings. The van der Waals surface area contributed by atoms with Crippen molar-refractivity contribution in [1.29, 1.82) is 0 Å². The number of aryl methyl sites for hydroxylation is 1. The molecule has 0 atom stereocenters. The van der Waals surface area contributed by atoms with Crippen LogP contribution in [-0.4, -0.2) is 56.6 Å². The number of morpholine rings is 1. The lowest BCUT2D eigenvalue weighted by molar-refractivity contribution is 0.0635. The molecule has 0 aliphatic carbocycles. The molecule has 184 valence electrons. The summed E-state index contributed by atoms with van der Waals surface area (Å²) in [5.41, 5.74) is -0.0186. The summed E-state index contributed by atoms with van der Waals surface area (Å²) in [6.45, 7) is 7.80. The number of nitrogens with one attached hydrogen (secondary N) is 2. The van der Waals surface area contributed by atoms with Gasteiger partial charge in [-0.2, -0.15) is 4.31 Å². The quantitative estimate of drug-likeness (QED) is 0.656. The first-order valence-corrected chi connectivity index (χ1v) is 12.1. The second-order valence-electron chi connectivity index (χ2n) is 8.77. The zero-order valence-corrected chi connectivity index (χ0v) is 20.3. The monoisotopic (exact) mass is 493 g/mol. The maximum Gasteiger partial charge on any atom is 0.412 e. The fourth-order valence-corrected chi connectivity index (χ4v) is 4.69. The zero-order chi connectivity index (χ0) is 25.1. The average molecular weight is 494 g/mol. The summed E-state index contributed by atoms with van der Waals surface area (Å²) in [4.78, 5) is 24.9. The second-order valence-corrected chi connectivity index (χ2v) is 10.7. The SMILES string of the molecule is Cc1ccc(S(=O)(=O)N2CCOCC2)cc1C(=O)Nc1ccc(F)c(NC(=O)OC(C)(C)C)c1. The smallest absolute Gasteiger partial charge is 0.412 e. The minimum absolute atomic E-state index is 0.00321. The average Bonchev–Trinajstić information content (AvgIpc) is 2.75. The van der Waals surface area contributed by atoms with Crippen LogP contribution in [0.1, 0.15) is 36.7 Å². The van der Waals surface area contributed by atoms with E-state index in [2.05, 4.69) is 10.6 Å². The van der Waals surface area contributed by atoms with Crippen LogP contribution in [0.3, 0.4) is 0 Å². The molecule has 11 heteroatoms. The molecule has 1 aliphatic heterocycles. The van der Waals surface area contributed by atoms with Crippen molar-refractivity contribution >= 4 is 33.4 Å². The lowest BCUT2D eigenvalue weighted by Crippen LogP contribution is -2.40. The highest BCUT2D eigenvalue weighted by Gasteiger charge is 2.27. The first-order valence-electron chi connectivity index (χ1n) is 10.7. The van der Waals surface area contributed by atoms with Gasteiger partial charge in [0.15, 0.2) is 0 Å². The molecule has 2 N–H and O–H groups in total. The van der Waals surface area contributed by atoms with Gasteiger partial charge in [-0.05, 0) is 63.6 Å². The van der Waals surface area contributed by atoms with E-state index in [1.54, 1.807) is 33.8 Å². The third-order valence-corrected chi connectivity index (χ3v) is 6.82. The highest BCUT2D eigenvalue weighted by molar-refractivity contribution is 7.89. The van der Waals surface area contributed by atoms with E-state index in [4.69, 9.17) is 9.47 Å². The molecular formula is C23H28FN3O6S. The molecule has 1 saturated heterocycles. The lowest BCUT2D eigenvalue weighted by Gasteiger charge is -2.26. The van der Waals surface area contributed by atoms with E-state index < -0.39 is 33.4 Å². The van der Waals surface area contributed by atoms with Crippen molar-refractivity contribution in [3.05, 3.63) is 53.3 Å². The molecule has 0 aromatic heterocycles. The molecule has 0 bridgehead atoms. The number of carbonyl (C=O) groups is 2. The molecule has 1 aliphatic rings. The fraction of sp³-hybridized carbons (Fsp3) is 0.391. The highest BCUT2D eigenvalue weighted by Crippen LogP contribution is 2.24. The van der Waals surface area contributed by atoms with Crippen LogP contribution in [0.4, 0.5) is 20.6 Å². The fourth-order valence-electron chi connectivity index (χ4n) is 3.25. The standard InChI is InChI=1S/C23H28FN3O6S/c1-15-5-7-17(34(30,31)27-9-11-32-12-10-27)14-18(15)21(28)25-16-6-8-19(24)20(13-16)26-22(29)33-23(2,3)4/h5-8,13-14H,9-12H2,1-4H3,(H,25,28)(H,26,29). The van der Waals surface area contributed by atoms with Crippen molar-refractivity contribution in [1.82, 2.24) is 4.31 Å². The lowest BCUT2D eigenvalue weighted by atomic mass is 10.1. The number of rotatable bonds is 5. The molecule has 0 radical (unpaired) electrons. The van der Waals surface area contributed by atoms with E-state index in [-0.39, 0.29) is 34.9 Å². The van der Waals surface area contributed by atoms with Crippen molar-refractivity contribution in [2.75, 3.05) is 36.9 Å². The first-order chi connectivity index (χ1) is 15.9. The van der Waals surface area contributed by atoms with Gasteiger partial charge in [0.05, 0.1) is 23.8 Å². The van der Waals surface area contributed by atoms with Gasteiger partial charge < -0.3 is 14.8 Å². The predicted octanol–water partition coefficient (Wildman–Crippen LogP) is 3.75. The minimum atomic E-state index is -3.79. The number of hydrogen-bond acceptors (Lipinski definition) is 6. The highest BCUT2D eigenvalue weighted by atomic mass is 32.2. The van der Waals surface area contributed by atoms with Gasteiger partial charge in [0, 0.05) is 24.3 Å². The molecule has 0 spiro atoms. The van der Waals surface area contributed by atoms with Gasteiger partial charge >= 0.3 is 6.09 Å². The third-order valence-electron chi connectivity index (χ3n) is 4.92. The first kappa shape index (κ1) is 25.6. The van der Waals surface area contributed by atoms with Crippen molar-refractivity contribution in [2.24, 2.45) is 0 Å². The number of sulfonamides is 1. The molecule has 2 amide bonds. The zero-order valence-electron chi connectivity index (χ0n) is 19.5. The Hall–Kier alpha value is -3.02. The summed E-state index contributed by atoms with van der Waals surface area (Å²) < 4.78 is 51.8. The Morgan fingerprint density at radius 1 is 1.06 bits per heavy atom. The molecule has 34 heavy (non-hydrogen) atoms. The van der Waals surface area contributed by atoms with E-state index >= 15 is 0 Å². The van der Waals surface area contributed by atoms with E-state index in [0.717, 1.165) is 6.07 Å². The number of benzene rings is 2. The molecule has 9 nitrogen and oxygen atoms in total. The summed E-state index contributed by atoms with van der Waals surface area (Å²) >= 11 is 0. The van der Waals surface area contributed by atoms with Gasteiger partial charge in [-0.1, -0.05) is 6.07 Å². The largest absolute Gasteiger partial charge is 0.444 e. The summed E-state index contributed by atoms with van der Waals surface area (Å²) in [7, 11) is -3.79. The van der Waals surface area contributed by atoms with Crippen LogP contribution < -0.4 is 10.6 Å². The molecule has 3 rings (SSSR count). The third kappa shape index (κ3) is 6.31. The van der Waals surface area contributed by atoms with Gasteiger partial charge in [0.1, 0.15) is 11.4 Å². The Labute approximate surface area is 198 Å². The maximum absolute atomic E-state index is 14.2. The number of anilines is 2. The number of halogens is 1. The van der Waals surface area contributed by atoms with E-state index in [9.17, 15) is 22.4 Å². The molecule has 1 heterocycles. The van der Waals surface area contributed by atoms with Crippen LogP contribution >= 0.6 is 0 Å². The second kappa shape index (κ2) is 10.1. The van der Waals surface area contributed by atoms with Crippen molar-refractivity contribution in [3.8, 4) is 0 Å². The number of ether oxygens (including phenoxy) is 2. The Kier molecular flexibility index (Phi) is 7.59. The van der Waals surface area contributed by atoms with Crippen molar-refractivity contribution in [3.63, 3.8) is 0 Å². The summed E-state index contributed by atoms with van der Waals surface area (Å²) in [5, 5.41) is 4.93. The van der Waals surface area contributed by atoms with E-state index in [1.807, 2.05) is 0 Å². The Morgan fingerprint density at radius 2 is 1.74 bits per heavy atom. The van der Waals surface area contributed by atoms with E-state index in [0.29, 0.717) is 18.8 Å². The van der Waals surface area contributed by atoms with Gasteiger partial charge in [0.2, 0.25) is 10.0 Å². The van der Waals surface area contributed by atoms with Crippen LogP contribution in [0.25, 0.3) is 0 Å². The Bertz CT molecular complexity index is 1190. The molecule has 2 aromatic carbocycles. The van der Waals surface area contributed by atoms with Crippen LogP contribution in [0, 0.1) is 12.7 Å². The molecule has 0 unspecified atom stereocenters. The van der Waals surface area contributed by atoms with Gasteiger partial charge in [-0.15, -0.1) is 0 Å². The van der Waals surface area contributed by atoms with Gasteiger partial charge in [-0.3, -0.25) is 10.1 Å². The van der Waals surface area contributed by atoms with Crippen molar-refractivity contribution < 1.29 is 31.9 Å². The Morgan fingerprint density at radius 3 is 2.38 bits per heavy atom. The maximum atomic E-state index is 14.2. The molecule has 1 fully saturated rings. The van der Waals surface area contributed by atoms with E-state index in [1.165, 1.54) is 28.6 Å². The van der Waals surface area contributed by atoms with Gasteiger partial charge in [0.25, 0.3) is 5.91 Å². The van der Waals surface area contributed by atoms with Crippen LogP contribution in [0.15, 0.2) is 41.3 Å². The normalized spacial score (nSPS) is 15.0. The number of amides is 2. The van der Waals surface area contributed by atoms with Crippen LogP contribution in [0.2, 0.25) is 0 Å². The number of carbonyl (C=O) groups excluding carboxylic acids is 2. The predicted molar refractivity (Wildman–Crippen MR) is 125 cm³/mol. The molecule has 0 saturated carbocycles. The summed E-state index contributed by atoms with van der Waals surface area (Å²) in [6, 6.07) is 8.01. The van der Waals surface area contributed by atoms with Crippen molar-refractivity contribution in [2.45, 2.75) is 38.2 Å². The van der Waals surface area contributed by atoms with Gasteiger partial charge in [-0.25, -0.2) is 17.6 Å². The molecular weight excluding hydrogens is 465 g/mol. The number of hydrogen-bond donors (Lipinski definition) is 2. The van der Waals surface area contributed by atoms with Crippen LogP contribution in [0.5, 0.6) is 0 Å². The van der Waals surface area contributed by atoms with Crippen LogP contribution in [-0.2, 0) is 19.5 Å². The summed E-state index contributed by atoms with van der Waals surface area (Å²) in [6.07, 6.45) is -0.841. The topological polar surface area (TPSA) is 114 Å². The summed E-state index contributed by atoms with van der Waals surface area (Å²) in [5.74, 6) is -1.29. The number of nitrogens with zero attached hydrogens (tertiary/aromatic N) is 1.